The first-order valence-corrected chi connectivity index (χ1v) is 5.97. The monoisotopic (exact) mass is 236 g/mol. The van der Waals surface area contributed by atoms with Crippen LogP contribution in [-0.4, -0.2) is 54.2 Å². The highest BCUT2D eigenvalue weighted by Crippen LogP contribution is 2.39. The van der Waals surface area contributed by atoms with Gasteiger partial charge in [-0.15, -0.1) is 6.42 Å². The molecule has 2 fully saturated rings. The molecule has 2 aliphatic rings. The van der Waals surface area contributed by atoms with Gasteiger partial charge >= 0.3 is 6.09 Å². The first-order valence-electron chi connectivity index (χ1n) is 5.97. The van der Waals surface area contributed by atoms with E-state index in [1.54, 1.807) is 4.90 Å². The molecule has 0 aromatic rings. The van der Waals surface area contributed by atoms with Crippen molar-refractivity contribution in [2.24, 2.45) is 5.41 Å². The van der Waals surface area contributed by atoms with E-state index >= 15 is 0 Å². The maximum absolute atomic E-state index is 11.7. The van der Waals surface area contributed by atoms with E-state index < -0.39 is 5.60 Å². The Bertz CT molecular complexity index is 351. The van der Waals surface area contributed by atoms with Crippen LogP contribution >= 0.6 is 0 Å². The van der Waals surface area contributed by atoms with Crippen molar-refractivity contribution < 1.29 is 9.53 Å². The second-order valence-corrected chi connectivity index (χ2v) is 6.19. The van der Waals surface area contributed by atoms with Gasteiger partial charge in [0.25, 0.3) is 0 Å². The zero-order valence-corrected chi connectivity index (χ0v) is 10.8. The molecule has 0 aromatic heterocycles. The molecule has 2 aliphatic heterocycles. The van der Waals surface area contributed by atoms with Gasteiger partial charge < -0.3 is 9.64 Å². The molecule has 1 amide bonds. The number of ether oxygens (including phenoxy) is 1. The fraction of sp³-hybridized carbons (Fsp3) is 0.769. The first-order chi connectivity index (χ1) is 7.84. The Balaban J connectivity index is 1.74. The van der Waals surface area contributed by atoms with Crippen LogP contribution in [-0.2, 0) is 4.74 Å². The van der Waals surface area contributed by atoms with Gasteiger partial charge in [-0.2, -0.15) is 0 Å². The van der Waals surface area contributed by atoms with Gasteiger partial charge in [0.1, 0.15) is 5.60 Å². The maximum Gasteiger partial charge on any atom is 0.410 e. The van der Waals surface area contributed by atoms with E-state index in [4.69, 9.17) is 11.2 Å². The SMILES string of the molecule is C#CCN1CC2(C1)CN(C(=O)OC(C)(C)C)C2. The summed E-state index contributed by atoms with van der Waals surface area (Å²) in [5.41, 5.74) is -0.108. The van der Waals surface area contributed by atoms with Crippen molar-refractivity contribution in [2.45, 2.75) is 26.4 Å². The largest absolute Gasteiger partial charge is 0.444 e. The van der Waals surface area contributed by atoms with Crippen molar-refractivity contribution in [3.63, 3.8) is 0 Å². The second kappa shape index (κ2) is 3.92. The van der Waals surface area contributed by atoms with Crippen LogP contribution in [0.3, 0.4) is 0 Å². The highest BCUT2D eigenvalue weighted by atomic mass is 16.6. The fourth-order valence-electron chi connectivity index (χ4n) is 2.56. The van der Waals surface area contributed by atoms with Gasteiger partial charge in [-0.05, 0) is 20.8 Å². The molecule has 17 heavy (non-hydrogen) atoms. The van der Waals surface area contributed by atoms with E-state index in [1.165, 1.54) is 0 Å². The van der Waals surface area contributed by atoms with Crippen LogP contribution in [0.1, 0.15) is 20.8 Å². The number of hydrogen-bond acceptors (Lipinski definition) is 3. The van der Waals surface area contributed by atoms with E-state index in [0.29, 0.717) is 12.0 Å². The van der Waals surface area contributed by atoms with Crippen LogP contribution in [0, 0.1) is 17.8 Å². The Morgan fingerprint density at radius 2 is 1.94 bits per heavy atom. The van der Waals surface area contributed by atoms with Crippen molar-refractivity contribution in [3.8, 4) is 12.3 Å². The average Bonchev–Trinajstić information content (AvgIpc) is 2.03. The molecule has 4 heteroatoms. The van der Waals surface area contributed by atoms with Crippen molar-refractivity contribution >= 4 is 6.09 Å². The quantitative estimate of drug-likeness (QED) is 0.641. The Hall–Kier alpha value is -1.21. The van der Waals surface area contributed by atoms with Gasteiger partial charge in [-0.25, -0.2) is 4.79 Å². The summed E-state index contributed by atoms with van der Waals surface area (Å²) in [5, 5.41) is 0. The van der Waals surface area contributed by atoms with E-state index in [0.717, 1.165) is 26.2 Å². The third kappa shape index (κ3) is 2.55. The molecule has 0 unspecified atom stereocenters. The Labute approximate surface area is 103 Å². The van der Waals surface area contributed by atoms with Gasteiger partial charge in [0, 0.05) is 31.6 Å². The van der Waals surface area contributed by atoms with E-state index in [2.05, 4.69) is 10.8 Å². The molecular formula is C13H20N2O2. The molecule has 2 rings (SSSR count). The second-order valence-electron chi connectivity index (χ2n) is 6.19. The summed E-state index contributed by atoms with van der Waals surface area (Å²) in [7, 11) is 0. The van der Waals surface area contributed by atoms with Crippen LogP contribution in [0.4, 0.5) is 4.79 Å². The molecule has 94 valence electrons. The van der Waals surface area contributed by atoms with Crippen molar-refractivity contribution in [1.82, 2.24) is 9.80 Å². The van der Waals surface area contributed by atoms with Crippen LogP contribution in [0.25, 0.3) is 0 Å². The Morgan fingerprint density at radius 3 is 2.41 bits per heavy atom. The van der Waals surface area contributed by atoms with Gasteiger partial charge in [0.15, 0.2) is 0 Å². The average molecular weight is 236 g/mol. The topological polar surface area (TPSA) is 32.8 Å². The van der Waals surface area contributed by atoms with Crippen molar-refractivity contribution in [3.05, 3.63) is 0 Å². The number of likely N-dealkylation sites (tertiary alicyclic amines) is 2. The van der Waals surface area contributed by atoms with Crippen LogP contribution < -0.4 is 0 Å². The van der Waals surface area contributed by atoms with Gasteiger partial charge in [-0.1, -0.05) is 5.92 Å². The van der Waals surface area contributed by atoms with Crippen LogP contribution in [0.5, 0.6) is 0 Å². The van der Waals surface area contributed by atoms with Gasteiger partial charge in [0.05, 0.1) is 6.54 Å². The molecule has 0 saturated carbocycles. The van der Waals surface area contributed by atoms with E-state index in [9.17, 15) is 4.79 Å². The molecule has 0 bridgehead atoms. The van der Waals surface area contributed by atoms with Gasteiger partial charge in [-0.3, -0.25) is 4.90 Å². The summed E-state index contributed by atoms with van der Waals surface area (Å²) in [4.78, 5) is 15.7. The minimum atomic E-state index is -0.408. The lowest BCUT2D eigenvalue weighted by Gasteiger charge is -2.59. The third-order valence-corrected chi connectivity index (χ3v) is 3.14. The zero-order valence-electron chi connectivity index (χ0n) is 10.8. The number of carbonyl (C=O) groups excluding carboxylic acids is 1. The van der Waals surface area contributed by atoms with Crippen LogP contribution in [0.2, 0.25) is 0 Å². The summed E-state index contributed by atoms with van der Waals surface area (Å²) >= 11 is 0. The molecule has 1 spiro atoms. The maximum atomic E-state index is 11.7. The molecule has 4 nitrogen and oxygen atoms in total. The third-order valence-electron chi connectivity index (χ3n) is 3.14. The number of nitrogens with zero attached hydrogens (tertiary/aromatic N) is 2. The van der Waals surface area contributed by atoms with Crippen molar-refractivity contribution in [1.29, 1.82) is 0 Å². The summed E-state index contributed by atoms with van der Waals surface area (Å²) in [6.07, 6.45) is 5.06. The Morgan fingerprint density at radius 1 is 1.35 bits per heavy atom. The molecule has 0 aromatic carbocycles. The highest BCUT2D eigenvalue weighted by molar-refractivity contribution is 5.69. The molecule has 0 radical (unpaired) electrons. The lowest BCUT2D eigenvalue weighted by Crippen LogP contribution is -2.73. The Kier molecular flexibility index (Phi) is 2.82. The van der Waals surface area contributed by atoms with E-state index in [-0.39, 0.29) is 6.09 Å². The number of rotatable bonds is 1. The minimum Gasteiger partial charge on any atom is -0.444 e. The van der Waals surface area contributed by atoms with Gasteiger partial charge in [0.2, 0.25) is 0 Å². The highest BCUT2D eigenvalue weighted by Gasteiger charge is 2.53. The predicted molar refractivity (Wildman–Crippen MR) is 65.5 cm³/mol. The van der Waals surface area contributed by atoms with Crippen molar-refractivity contribution in [2.75, 3.05) is 32.7 Å². The fourth-order valence-corrected chi connectivity index (χ4v) is 2.56. The van der Waals surface area contributed by atoms with Crippen LogP contribution in [0.15, 0.2) is 0 Å². The summed E-state index contributed by atoms with van der Waals surface area (Å²) in [6.45, 7) is 10.0. The summed E-state index contributed by atoms with van der Waals surface area (Å²) in [5.74, 6) is 2.64. The number of hydrogen-bond donors (Lipinski definition) is 0. The standard InChI is InChI=1S/C13H20N2O2/c1-5-6-14-7-13(8-14)9-15(10-13)11(16)17-12(2,3)4/h1H,6-10H2,2-4H3. The minimum absolute atomic E-state index is 0.196. The molecule has 2 heterocycles. The smallest absolute Gasteiger partial charge is 0.410 e. The summed E-state index contributed by atoms with van der Waals surface area (Å²) < 4.78 is 5.32. The first kappa shape index (κ1) is 12.3. The molecule has 0 N–H and O–H groups in total. The zero-order chi connectivity index (χ0) is 12.7. The predicted octanol–water partition coefficient (Wildman–Crippen LogP) is 1.17. The van der Waals surface area contributed by atoms with E-state index in [1.807, 2.05) is 20.8 Å². The molecule has 2 saturated heterocycles. The lowest BCUT2D eigenvalue weighted by atomic mass is 9.73. The molecular weight excluding hydrogens is 216 g/mol. The number of carbonyl (C=O) groups is 1. The number of terminal acetylenes is 1. The lowest BCUT2D eigenvalue weighted by molar-refractivity contribution is -0.108. The number of amides is 1. The molecule has 0 atom stereocenters. The summed E-state index contributed by atoms with van der Waals surface area (Å²) in [6, 6.07) is 0. The normalized spacial score (nSPS) is 22.6. The molecule has 0 aliphatic carbocycles.